The third-order valence-corrected chi connectivity index (χ3v) is 4.71. The number of anilines is 1. The van der Waals surface area contributed by atoms with E-state index in [4.69, 9.17) is 23.2 Å². The summed E-state index contributed by atoms with van der Waals surface area (Å²) in [6.45, 7) is 3.79. The maximum Gasteiger partial charge on any atom is 0.237 e. The number of amides is 1. The SMILES string of the molecule is Cc1ccc(NC(=O)C(C)Sc2ccc(Cl)cc2)cc1Cl. The number of carbonyl (C=O) groups is 1. The largest absolute Gasteiger partial charge is 0.325 e. The first-order valence-corrected chi connectivity index (χ1v) is 8.08. The predicted octanol–water partition coefficient (Wildman–Crippen LogP) is 5.42. The maximum atomic E-state index is 12.2. The minimum absolute atomic E-state index is 0.0603. The fraction of sp³-hybridized carbons (Fsp3) is 0.188. The summed E-state index contributed by atoms with van der Waals surface area (Å²) in [4.78, 5) is 13.2. The zero-order valence-corrected chi connectivity index (χ0v) is 14.0. The summed E-state index contributed by atoms with van der Waals surface area (Å²) in [5.74, 6) is -0.0603. The monoisotopic (exact) mass is 339 g/mol. The third kappa shape index (κ3) is 4.67. The van der Waals surface area contributed by atoms with Crippen LogP contribution in [0.5, 0.6) is 0 Å². The van der Waals surface area contributed by atoms with Crippen molar-refractivity contribution >= 4 is 46.6 Å². The molecule has 0 fully saturated rings. The van der Waals surface area contributed by atoms with Crippen LogP contribution in [0.15, 0.2) is 47.4 Å². The molecule has 1 atom stereocenters. The second-order valence-corrected chi connectivity index (χ2v) is 6.93. The van der Waals surface area contributed by atoms with Crippen LogP contribution in [0, 0.1) is 6.92 Å². The molecule has 0 aliphatic heterocycles. The Labute approximate surface area is 138 Å². The molecular weight excluding hydrogens is 325 g/mol. The van der Waals surface area contributed by atoms with Gasteiger partial charge in [-0.05, 0) is 55.8 Å². The molecule has 21 heavy (non-hydrogen) atoms. The lowest BCUT2D eigenvalue weighted by atomic mass is 10.2. The van der Waals surface area contributed by atoms with Crippen LogP contribution in [-0.2, 0) is 4.79 Å². The number of halogens is 2. The minimum Gasteiger partial charge on any atom is -0.325 e. The summed E-state index contributed by atoms with van der Waals surface area (Å²) in [6.07, 6.45) is 0. The molecule has 1 unspecified atom stereocenters. The minimum atomic E-state index is -0.216. The van der Waals surface area contributed by atoms with E-state index < -0.39 is 0 Å². The van der Waals surface area contributed by atoms with Crippen LogP contribution in [0.25, 0.3) is 0 Å². The Morgan fingerprint density at radius 3 is 2.43 bits per heavy atom. The summed E-state index contributed by atoms with van der Waals surface area (Å²) in [7, 11) is 0. The van der Waals surface area contributed by atoms with E-state index in [9.17, 15) is 4.79 Å². The van der Waals surface area contributed by atoms with Gasteiger partial charge in [0.25, 0.3) is 0 Å². The van der Waals surface area contributed by atoms with E-state index in [0.717, 1.165) is 10.5 Å². The molecular formula is C16H15Cl2NOS. The first kappa shape index (κ1) is 16.2. The van der Waals surface area contributed by atoms with Gasteiger partial charge in [0.1, 0.15) is 0 Å². The molecule has 0 aromatic heterocycles. The van der Waals surface area contributed by atoms with Gasteiger partial charge in [-0.25, -0.2) is 0 Å². The van der Waals surface area contributed by atoms with Gasteiger partial charge in [-0.1, -0.05) is 29.3 Å². The Balaban J connectivity index is 1.98. The van der Waals surface area contributed by atoms with Gasteiger partial charge in [-0.15, -0.1) is 11.8 Å². The zero-order chi connectivity index (χ0) is 15.4. The van der Waals surface area contributed by atoms with Crippen LogP contribution >= 0.6 is 35.0 Å². The second kappa shape index (κ2) is 7.21. The molecule has 0 aliphatic rings. The second-order valence-electron chi connectivity index (χ2n) is 4.67. The van der Waals surface area contributed by atoms with Crippen molar-refractivity contribution in [2.45, 2.75) is 24.0 Å². The van der Waals surface area contributed by atoms with E-state index in [-0.39, 0.29) is 11.2 Å². The molecule has 0 spiro atoms. The number of aryl methyl sites for hydroxylation is 1. The molecule has 0 saturated heterocycles. The standard InChI is InChI=1S/C16H15Cl2NOS/c1-10-3-6-13(9-15(10)18)19-16(20)11(2)21-14-7-4-12(17)5-8-14/h3-9,11H,1-2H3,(H,19,20). The van der Waals surface area contributed by atoms with Crippen LogP contribution in [0.3, 0.4) is 0 Å². The molecule has 2 rings (SSSR count). The summed E-state index contributed by atoms with van der Waals surface area (Å²) in [5.41, 5.74) is 1.69. The van der Waals surface area contributed by atoms with Crippen molar-refractivity contribution in [3.63, 3.8) is 0 Å². The normalized spacial score (nSPS) is 12.0. The van der Waals surface area contributed by atoms with Crippen LogP contribution in [0.1, 0.15) is 12.5 Å². The average molecular weight is 340 g/mol. The van der Waals surface area contributed by atoms with Gasteiger partial charge >= 0.3 is 0 Å². The average Bonchev–Trinajstić information content (AvgIpc) is 2.45. The van der Waals surface area contributed by atoms with Gasteiger partial charge in [0.05, 0.1) is 5.25 Å². The van der Waals surface area contributed by atoms with Crippen molar-refractivity contribution in [2.75, 3.05) is 5.32 Å². The lowest BCUT2D eigenvalue weighted by Gasteiger charge is -2.12. The number of hydrogen-bond acceptors (Lipinski definition) is 2. The van der Waals surface area contributed by atoms with Crippen molar-refractivity contribution < 1.29 is 4.79 Å². The van der Waals surface area contributed by atoms with E-state index in [1.54, 1.807) is 6.07 Å². The molecule has 0 aliphatic carbocycles. The Hall–Kier alpha value is -1.16. The fourth-order valence-electron chi connectivity index (χ4n) is 1.69. The van der Waals surface area contributed by atoms with Crippen LogP contribution < -0.4 is 5.32 Å². The number of benzene rings is 2. The molecule has 0 radical (unpaired) electrons. The summed E-state index contributed by atoms with van der Waals surface area (Å²) >= 11 is 13.4. The fourth-order valence-corrected chi connectivity index (χ4v) is 2.86. The van der Waals surface area contributed by atoms with E-state index >= 15 is 0 Å². The quantitative estimate of drug-likeness (QED) is 0.753. The smallest absolute Gasteiger partial charge is 0.237 e. The highest BCUT2D eigenvalue weighted by atomic mass is 35.5. The Morgan fingerprint density at radius 1 is 1.14 bits per heavy atom. The first-order chi connectivity index (χ1) is 9.95. The molecule has 2 nitrogen and oxygen atoms in total. The Kier molecular flexibility index (Phi) is 5.57. The number of rotatable bonds is 4. The molecule has 2 aromatic carbocycles. The van der Waals surface area contributed by atoms with Gasteiger partial charge < -0.3 is 5.32 Å². The van der Waals surface area contributed by atoms with E-state index in [1.807, 2.05) is 50.2 Å². The third-order valence-electron chi connectivity index (χ3n) is 2.94. The molecule has 5 heteroatoms. The van der Waals surface area contributed by atoms with Crippen molar-refractivity contribution in [3.05, 3.63) is 58.1 Å². The van der Waals surface area contributed by atoms with Crippen molar-refractivity contribution in [1.82, 2.24) is 0 Å². The Bertz CT molecular complexity index is 643. The van der Waals surface area contributed by atoms with Gasteiger partial charge in [0.2, 0.25) is 5.91 Å². The molecule has 1 N–H and O–H groups in total. The van der Waals surface area contributed by atoms with E-state index in [1.165, 1.54) is 11.8 Å². The number of hydrogen-bond donors (Lipinski definition) is 1. The van der Waals surface area contributed by atoms with Gasteiger partial charge in [0, 0.05) is 20.6 Å². The van der Waals surface area contributed by atoms with Crippen molar-refractivity contribution in [3.8, 4) is 0 Å². The lowest BCUT2D eigenvalue weighted by molar-refractivity contribution is -0.115. The molecule has 0 heterocycles. The van der Waals surface area contributed by atoms with Crippen molar-refractivity contribution in [1.29, 1.82) is 0 Å². The number of carbonyl (C=O) groups excluding carboxylic acids is 1. The molecule has 1 amide bonds. The Morgan fingerprint density at radius 2 is 1.81 bits per heavy atom. The summed E-state index contributed by atoms with van der Waals surface area (Å²) in [5, 5.41) is 3.98. The van der Waals surface area contributed by atoms with Crippen molar-refractivity contribution in [2.24, 2.45) is 0 Å². The molecule has 110 valence electrons. The van der Waals surface area contributed by atoms with Crippen LogP contribution in [0.4, 0.5) is 5.69 Å². The zero-order valence-electron chi connectivity index (χ0n) is 11.7. The lowest BCUT2D eigenvalue weighted by Crippen LogP contribution is -2.22. The summed E-state index contributed by atoms with van der Waals surface area (Å²) in [6, 6.07) is 12.9. The molecule has 0 saturated carbocycles. The highest BCUT2D eigenvalue weighted by Crippen LogP contribution is 2.26. The van der Waals surface area contributed by atoms with Gasteiger partial charge in [0.15, 0.2) is 0 Å². The van der Waals surface area contributed by atoms with Crippen LogP contribution in [0.2, 0.25) is 10.0 Å². The highest BCUT2D eigenvalue weighted by Gasteiger charge is 2.14. The van der Waals surface area contributed by atoms with Gasteiger partial charge in [-0.3, -0.25) is 4.79 Å². The summed E-state index contributed by atoms with van der Waals surface area (Å²) < 4.78 is 0. The van der Waals surface area contributed by atoms with Crippen LogP contribution in [-0.4, -0.2) is 11.2 Å². The predicted molar refractivity (Wildman–Crippen MR) is 91.6 cm³/mol. The molecule has 2 aromatic rings. The first-order valence-electron chi connectivity index (χ1n) is 6.45. The number of nitrogens with one attached hydrogen (secondary N) is 1. The highest BCUT2D eigenvalue weighted by molar-refractivity contribution is 8.00. The number of thioether (sulfide) groups is 1. The van der Waals surface area contributed by atoms with E-state index in [2.05, 4.69) is 5.32 Å². The van der Waals surface area contributed by atoms with E-state index in [0.29, 0.717) is 15.7 Å². The molecule has 0 bridgehead atoms. The maximum absolute atomic E-state index is 12.2. The van der Waals surface area contributed by atoms with Gasteiger partial charge in [-0.2, -0.15) is 0 Å². The topological polar surface area (TPSA) is 29.1 Å².